The molecule has 0 aliphatic rings. The Morgan fingerprint density at radius 2 is 0.970 bits per heavy atom. The van der Waals surface area contributed by atoms with Crippen LogP contribution in [-0.4, -0.2) is 13.2 Å². The van der Waals surface area contributed by atoms with Crippen molar-refractivity contribution in [3.63, 3.8) is 0 Å². The van der Waals surface area contributed by atoms with Crippen LogP contribution >= 0.6 is 0 Å². The molecule has 0 atom stereocenters. The van der Waals surface area contributed by atoms with E-state index in [0.29, 0.717) is 0 Å². The molecule has 0 spiro atoms. The second-order valence-electron chi connectivity index (χ2n) is 9.49. The van der Waals surface area contributed by atoms with Crippen molar-refractivity contribution < 1.29 is 9.47 Å². The van der Waals surface area contributed by atoms with Crippen molar-refractivity contribution in [2.45, 2.75) is 97.8 Å². The molecule has 0 saturated carbocycles. The van der Waals surface area contributed by atoms with Crippen molar-refractivity contribution in [3.8, 4) is 11.5 Å². The molecule has 0 amide bonds. The Hall–Kier alpha value is -2.22. The first-order chi connectivity index (χ1) is 16.3. The highest BCUT2D eigenvalue weighted by molar-refractivity contribution is 6.11. The molecule has 3 aromatic rings. The summed E-state index contributed by atoms with van der Waals surface area (Å²) in [6.45, 7) is 8.24. The lowest BCUT2D eigenvalue weighted by molar-refractivity contribution is 0.306. The monoisotopic (exact) mass is 448 g/mol. The van der Waals surface area contributed by atoms with Gasteiger partial charge in [-0.3, -0.25) is 0 Å². The molecular weight excluding hydrogens is 404 g/mol. The summed E-state index contributed by atoms with van der Waals surface area (Å²) in [5, 5.41) is 4.68. The molecule has 3 rings (SSSR count). The van der Waals surface area contributed by atoms with E-state index in [1.165, 1.54) is 85.9 Å². The summed E-state index contributed by atoms with van der Waals surface area (Å²) in [5.74, 6) is 2.03. The maximum absolute atomic E-state index is 6.47. The first-order valence-electron chi connectivity index (χ1n) is 13.5. The smallest absolute Gasteiger partial charge is 0.135 e. The quantitative estimate of drug-likeness (QED) is 0.160. The van der Waals surface area contributed by atoms with Crippen LogP contribution < -0.4 is 9.47 Å². The van der Waals surface area contributed by atoms with Crippen LogP contribution in [0, 0.1) is 6.92 Å². The van der Waals surface area contributed by atoms with Crippen LogP contribution in [0.3, 0.4) is 0 Å². The minimum Gasteiger partial charge on any atom is -0.492 e. The minimum absolute atomic E-state index is 0.775. The zero-order valence-electron chi connectivity index (χ0n) is 21.3. The lowest BCUT2D eigenvalue weighted by Gasteiger charge is -2.18. The Morgan fingerprint density at radius 1 is 0.515 bits per heavy atom. The summed E-state index contributed by atoms with van der Waals surface area (Å²) in [4.78, 5) is 0. The highest BCUT2D eigenvalue weighted by atomic mass is 16.5. The molecule has 0 unspecified atom stereocenters. The summed E-state index contributed by atoms with van der Waals surface area (Å²) in [6, 6.07) is 15.2. The highest BCUT2D eigenvalue weighted by Gasteiger charge is 2.16. The van der Waals surface area contributed by atoms with E-state index in [1.54, 1.807) is 0 Å². The SMILES string of the molecule is CCCCCCCCOc1c2ccccc2c(OCCCCCCCC)c2cc(C)ccc12. The van der Waals surface area contributed by atoms with Crippen molar-refractivity contribution in [1.82, 2.24) is 0 Å². The summed E-state index contributed by atoms with van der Waals surface area (Å²) >= 11 is 0. The van der Waals surface area contributed by atoms with Gasteiger partial charge in [0.2, 0.25) is 0 Å². The lowest BCUT2D eigenvalue weighted by atomic mass is 9.99. The van der Waals surface area contributed by atoms with Crippen molar-refractivity contribution in [3.05, 3.63) is 48.0 Å². The summed E-state index contributed by atoms with van der Waals surface area (Å²) in [7, 11) is 0. The van der Waals surface area contributed by atoms with Gasteiger partial charge in [0.25, 0.3) is 0 Å². The van der Waals surface area contributed by atoms with Gasteiger partial charge in [-0.2, -0.15) is 0 Å². The molecule has 0 aromatic heterocycles. The van der Waals surface area contributed by atoms with E-state index in [1.807, 2.05) is 0 Å². The second kappa shape index (κ2) is 14.1. The molecule has 33 heavy (non-hydrogen) atoms. The van der Waals surface area contributed by atoms with Crippen LogP contribution in [0.5, 0.6) is 11.5 Å². The number of aryl methyl sites for hydroxylation is 1. The maximum Gasteiger partial charge on any atom is 0.135 e. The van der Waals surface area contributed by atoms with Gasteiger partial charge in [-0.25, -0.2) is 0 Å². The van der Waals surface area contributed by atoms with E-state index < -0.39 is 0 Å². The van der Waals surface area contributed by atoms with Gasteiger partial charge in [0.15, 0.2) is 0 Å². The van der Waals surface area contributed by atoms with Crippen LogP contribution in [0.25, 0.3) is 21.5 Å². The van der Waals surface area contributed by atoms with Gasteiger partial charge in [-0.05, 0) is 25.8 Å². The molecule has 0 heterocycles. The number of fused-ring (bicyclic) bond motifs is 2. The van der Waals surface area contributed by atoms with Gasteiger partial charge in [-0.1, -0.05) is 120 Å². The molecular formula is C31H44O2. The van der Waals surface area contributed by atoms with Crippen LogP contribution in [0.15, 0.2) is 42.5 Å². The van der Waals surface area contributed by atoms with E-state index >= 15 is 0 Å². The third kappa shape index (κ3) is 7.39. The molecule has 0 aliphatic heterocycles. The average Bonchev–Trinajstić information content (AvgIpc) is 2.83. The normalized spacial score (nSPS) is 11.4. The largest absolute Gasteiger partial charge is 0.492 e. The standard InChI is InChI=1S/C31H44O2/c1-4-6-8-10-12-16-22-32-30-26-18-14-15-19-27(26)31(29-24-25(3)20-21-28(29)30)33-23-17-13-11-9-7-5-2/h14-15,18-21,24H,4-13,16-17,22-23H2,1-3H3. The third-order valence-electron chi connectivity index (χ3n) is 6.57. The number of rotatable bonds is 16. The lowest BCUT2D eigenvalue weighted by Crippen LogP contribution is -2.02. The van der Waals surface area contributed by atoms with Crippen molar-refractivity contribution in [2.24, 2.45) is 0 Å². The molecule has 0 N–H and O–H groups in total. The van der Waals surface area contributed by atoms with Gasteiger partial charge in [0.1, 0.15) is 11.5 Å². The topological polar surface area (TPSA) is 18.5 Å². The van der Waals surface area contributed by atoms with E-state index in [9.17, 15) is 0 Å². The van der Waals surface area contributed by atoms with Crippen molar-refractivity contribution in [2.75, 3.05) is 13.2 Å². The zero-order valence-corrected chi connectivity index (χ0v) is 21.3. The van der Waals surface area contributed by atoms with Gasteiger partial charge in [-0.15, -0.1) is 0 Å². The summed E-state index contributed by atoms with van der Waals surface area (Å²) in [6.07, 6.45) is 15.3. The predicted octanol–water partition coefficient (Wildman–Crippen LogP) is 9.78. The molecule has 0 bridgehead atoms. The van der Waals surface area contributed by atoms with E-state index in [2.05, 4.69) is 63.2 Å². The molecule has 0 fully saturated rings. The zero-order chi connectivity index (χ0) is 23.3. The van der Waals surface area contributed by atoms with Crippen molar-refractivity contribution in [1.29, 1.82) is 0 Å². The number of hydrogen-bond acceptors (Lipinski definition) is 2. The fraction of sp³-hybridized carbons (Fsp3) is 0.548. The van der Waals surface area contributed by atoms with Crippen molar-refractivity contribution >= 4 is 21.5 Å². The molecule has 0 radical (unpaired) electrons. The molecule has 180 valence electrons. The minimum atomic E-state index is 0.775. The Balaban J connectivity index is 1.77. The Labute approximate surface area is 201 Å². The Bertz CT molecular complexity index is 975. The van der Waals surface area contributed by atoms with E-state index in [-0.39, 0.29) is 0 Å². The number of benzene rings is 3. The number of hydrogen-bond donors (Lipinski definition) is 0. The Kier molecular flexibility index (Phi) is 10.9. The van der Waals surface area contributed by atoms with Gasteiger partial charge in [0, 0.05) is 21.5 Å². The fourth-order valence-electron chi connectivity index (χ4n) is 4.64. The molecule has 0 saturated heterocycles. The van der Waals surface area contributed by atoms with Crippen LogP contribution in [0.2, 0.25) is 0 Å². The molecule has 2 nitrogen and oxygen atoms in total. The van der Waals surface area contributed by atoms with Gasteiger partial charge in [0.05, 0.1) is 13.2 Å². The first kappa shape index (κ1) is 25.4. The number of ether oxygens (including phenoxy) is 2. The van der Waals surface area contributed by atoms with E-state index in [0.717, 1.165) is 42.9 Å². The molecule has 3 aromatic carbocycles. The first-order valence-corrected chi connectivity index (χ1v) is 13.5. The van der Waals surface area contributed by atoms with E-state index in [4.69, 9.17) is 9.47 Å². The molecule has 0 aliphatic carbocycles. The maximum atomic E-state index is 6.47. The van der Waals surface area contributed by atoms with Crippen LogP contribution in [0.4, 0.5) is 0 Å². The highest BCUT2D eigenvalue weighted by Crippen LogP contribution is 2.43. The number of unbranched alkanes of at least 4 members (excludes halogenated alkanes) is 10. The summed E-state index contributed by atoms with van der Waals surface area (Å²) in [5.41, 5.74) is 1.25. The third-order valence-corrected chi connectivity index (χ3v) is 6.57. The van der Waals surface area contributed by atoms with Crippen LogP contribution in [0.1, 0.15) is 96.5 Å². The second-order valence-corrected chi connectivity index (χ2v) is 9.49. The average molecular weight is 449 g/mol. The Morgan fingerprint density at radius 3 is 1.52 bits per heavy atom. The predicted molar refractivity (Wildman–Crippen MR) is 144 cm³/mol. The molecule has 2 heteroatoms. The summed E-state index contributed by atoms with van der Waals surface area (Å²) < 4.78 is 12.9. The fourth-order valence-corrected chi connectivity index (χ4v) is 4.64. The van der Waals surface area contributed by atoms with Gasteiger partial charge < -0.3 is 9.47 Å². The van der Waals surface area contributed by atoms with Gasteiger partial charge >= 0.3 is 0 Å². The van der Waals surface area contributed by atoms with Crippen LogP contribution in [-0.2, 0) is 0 Å².